The van der Waals surface area contributed by atoms with Gasteiger partial charge in [0.15, 0.2) is 0 Å². The first-order chi connectivity index (χ1) is 16.2. The molecule has 0 spiro atoms. The summed E-state index contributed by atoms with van der Waals surface area (Å²) in [6.45, 7) is 1.49. The molecule has 2 saturated heterocycles. The third-order valence-corrected chi connectivity index (χ3v) is 7.60. The minimum atomic E-state index is -4.50. The predicted octanol–water partition coefficient (Wildman–Crippen LogP) is 1.84. The summed E-state index contributed by atoms with van der Waals surface area (Å²) in [7, 11) is 1.64. The molecule has 1 saturated carbocycles. The standard InChI is InChI=1S/C23H28F3N3O5/c1-32-18-12-33-5-3-17(18)28-15-7-19-22(8-15,9-20(30)34-19)21(31)29-4-2-16-13(11-29)6-14(10-27-16)23(24,25)26/h6,10,15,17-19,28H,2-5,7-9,11-12H2,1H3/t15-,17?,18?,19-,22+/m1/s1. The van der Waals surface area contributed by atoms with Crippen LogP contribution in [0.4, 0.5) is 13.2 Å². The maximum absolute atomic E-state index is 13.8. The Morgan fingerprint density at radius 1 is 1.38 bits per heavy atom. The molecule has 186 valence electrons. The van der Waals surface area contributed by atoms with Gasteiger partial charge in [0.05, 0.1) is 30.1 Å². The normalized spacial score (nSPS) is 33.4. The molecular formula is C23H28F3N3O5. The van der Waals surface area contributed by atoms with Crippen molar-refractivity contribution < 1.29 is 37.0 Å². The van der Waals surface area contributed by atoms with Crippen LogP contribution in [0.1, 0.15) is 42.5 Å². The van der Waals surface area contributed by atoms with E-state index in [0.29, 0.717) is 50.3 Å². The first kappa shape index (κ1) is 23.5. The summed E-state index contributed by atoms with van der Waals surface area (Å²) in [5, 5.41) is 3.58. The Labute approximate surface area is 195 Å². The molecule has 8 nitrogen and oxygen atoms in total. The van der Waals surface area contributed by atoms with Crippen LogP contribution < -0.4 is 5.32 Å². The Hall–Kier alpha value is -2.24. The number of amides is 1. The van der Waals surface area contributed by atoms with Crippen molar-refractivity contribution in [3.05, 3.63) is 29.1 Å². The van der Waals surface area contributed by atoms with Gasteiger partial charge >= 0.3 is 12.1 Å². The quantitative estimate of drug-likeness (QED) is 0.654. The number of pyridine rings is 1. The molecule has 1 N–H and O–H groups in total. The molecule has 3 aliphatic heterocycles. The lowest BCUT2D eigenvalue weighted by Gasteiger charge is -2.36. The van der Waals surface area contributed by atoms with Crippen molar-refractivity contribution in [2.45, 2.75) is 69.1 Å². The lowest BCUT2D eigenvalue weighted by molar-refractivity contribution is -0.145. The largest absolute Gasteiger partial charge is 0.461 e. The first-order valence-corrected chi connectivity index (χ1v) is 11.6. The molecule has 1 amide bonds. The van der Waals surface area contributed by atoms with Crippen molar-refractivity contribution in [1.82, 2.24) is 15.2 Å². The number of hydrogen-bond donors (Lipinski definition) is 1. The van der Waals surface area contributed by atoms with Gasteiger partial charge in [-0.2, -0.15) is 13.2 Å². The number of hydrogen-bond acceptors (Lipinski definition) is 7. The molecule has 4 heterocycles. The first-order valence-electron chi connectivity index (χ1n) is 11.6. The number of nitrogens with zero attached hydrogens (tertiary/aromatic N) is 2. The van der Waals surface area contributed by atoms with Crippen LogP contribution in [-0.4, -0.2) is 72.9 Å². The number of halogens is 3. The summed E-state index contributed by atoms with van der Waals surface area (Å²) in [5.74, 6) is -0.637. The molecule has 0 aromatic carbocycles. The maximum Gasteiger partial charge on any atom is 0.417 e. The lowest BCUT2D eigenvalue weighted by Crippen LogP contribution is -2.51. The minimum absolute atomic E-state index is 0.0135. The highest BCUT2D eigenvalue weighted by molar-refractivity contribution is 5.91. The van der Waals surface area contributed by atoms with Crippen LogP contribution in [0.15, 0.2) is 12.3 Å². The summed E-state index contributed by atoms with van der Waals surface area (Å²) in [6, 6.07) is 1.10. The van der Waals surface area contributed by atoms with Gasteiger partial charge < -0.3 is 24.4 Å². The summed E-state index contributed by atoms with van der Waals surface area (Å²) in [6.07, 6.45) is -2.24. The molecule has 34 heavy (non-hydrogen) atoms. The summed E-state index contributed by atoms with van der Waals surface area (Å²) in [4.78, 5) is 31.5. The zero-order valence-electron chi connectivity index (χ0n) is 18.9. The van der Waals surface area contributed by atoms with Gasteiger partial charge in [-0.3, -0.25) is 14.6 Å². The molecule has 1 aliphatic carbocycles. The fraction of sp³-hybridized carbons (Fsp3) is 0.696. The van der Waals surface area contributed by atoms with Crippen molar-refractivity contribution in [2.24, 2.45) is 5.41 Å². The molecule has 5 rings (SSSR count). The summed E-state index contributed by atoms with van der Waals surface area (Å²) in [5.41, 5.74) is -0.869. The zero-order chi connectivity index (χ0) is 24.1. The van der Waals surface area contributed by atoms with E-state index in [-0.39, 0.29) is 37.1 Å². The van der Waals surface area contributed by atoms with E-state index in [9.17, 15) is 22.8 Å². The van der Waals surface area contributed by atoms with E-state index in [4.69, 9.17) is 14.2 Å². The van der Waals surface area contributed by atoms with E-state index < -0.39 is 29.2 Å². The van der Waals surface area contributed by atoms with Crippen LogP contribution in [0.3, 0.4) is 0 Å². The monoisotopic (exact) mass is 483 g/mol. The highest BCUT2D eigenvalue weighted by Gasteiger charge is 2.61. The Morgan fingerprint density at radius 2 is 2.21 bits per heavy atom. The molecule has 5 atom stereocenters. The van der Waals surface area contributed by atoms with E-state index in [1.165, 1.54) is 0 Å². The fourth-order valence-corrected chi connectivity index (χ4v) is 5.88. The maximum atomic E-state index is 13.8. The SMILES string of the molecule is COC1COCCC1N[C@@H]1C[C@H]2OC(=O)C[C@@]2(C(=O)N2CCc3ncc(C(F)(F)F)cc3C2)C1. The number of alkyl halides is 3. The van der Waals surface area contributed by atoms with Gasteiger partial charge in [-0.15, -0.1) is 0 Å². The number of methoxy groups -OCH3 is 1. The Bertz CT molecular complexity index is 974. The van der Waals surface area contributed by atoms with Crippen LogP contribution in [0.25, 0.3) is 0 Å². The molecule has 3 fully saturated rings. The van der Waals surface area contributed by atoms with Gasteiger partial charge in [0.1, 0.15) is 6.10 Å². The molecule has 0 bridgehead atoms. The second-order valence-corrected chi connectivity index (χ2v) is 9.66. The number of carbonyl (C=O) groups excluding carboxylic acids is 2. The molecule has 4 aliphatic rings. The molecule has 1 aromatic heterocycles. The number of fused-ring (bicyclic) bond motifs is 2. The molecule has 2 unspecified atom stereocenters. The van der Waals surface area contributed by atoms with Gasteiger partial charge in [0.2, 0.25) is 5.91 Å². The van der Waals surface area contributed by atoms with Gasteiger partial charge in [0.25, 0.3) is 0 Å². The van der Waals surface area contributed by atoms with Gasteiger partial charge in [0, 0.05) is 63.6 Å². The number of esters is 1. The Balaban J connectivity index is 1.33. The third-order valence-electron chi connectivity index (χ3n) is 7.60. The molecule has 0 radical (unpaired) electrons. The predicted molar refractivity (Wildman–Crippen MR) is 111 cm³/mol. The van der Waals surface area contributed by atoms with E-state index in [2.05, 4.69) is 10.3 Å². The smallest absolute Gasteiger partial charge is 0.417 e. The second kappa shape index (κ2) is 8.76. The Kier molecular flexibility index (Phi) is 6.06. The van der Waals surface area contributed by atoms with Crippen molar-refractivity contribution in [3.63, 3.8) is 0 Å². The van der Waals surface area contributed by atoms with E-state index in [0.717, 1.165) is 18.7 Å². The fourth-order valence-electron chi connectivity index (χ4n) is 5.88. The number of aromatic nitrogens is 1. The number of ether oxygens (including phenoxy) is 3. The topological polar surface area (TPSA) is 90.0 Å². The van der Waals surface area contributed by atoms with Gasteiger partial charge in [-0.25, -0.2) is 0 Å². The van der Waals surface area contributed by atoms with Gasteiger partial charge in [-0.1, -0.05) is 0 Å². The van der Waals surface area contributed by atoms with Crippen LogP contribution >= 0.6 is 0 Å². The molecular weight excluding hydrogens is 455 g/mol. The highest BCUT2D eigenvalue weighted by Crippen LogP contribution is 2.50. The lowest BCUT2D eigenvalue weighted by atomic mass is 9.80. The van der Waals surface area contributed by atoms with E-state index >= 15 is 0 Å². The third kappa shape index (κ3) is 4.18. The van der Waals surface area contributed by atoms with Gasteiger partial charge in [-0.05, 0) is 24.5 Å². The average molecular weight is 483 g/mol. The van der Waals surface area contributed by atoms with Crippen molar-refractivity contribution in [2.75, 3.05) is 26.9 Å². The zero-order valence-corrected chi connectivity index (χ0v) is 18.9. The molecule has 1 aromatic rings. The van der Waals surface area contributed by atoms with Crippen LogP contribution in [0.2, 0.25) is 0 Å². The van der Waals surface area contributed by atoms with Crippen LogP contribution in [-0.2, 0) is 42.9 Å². The summed E-state index contributed by atoms with van der Waals surface area (Å²) >= 11 is 0. The van der Waals surface area contributed by atoms with Crippen LogP contribution in [0.5, 0.6) is 0 Å². The van der Waals surface area contributed by atoms with Crippen molar-refractivity contribution >= 4 is 11.9 Å². The number of carbonyl (C=O) groups is 2. The number of rotatable bonds is 4. The second-order valence-electron chi connectivity index (χ2n) is 9.66. The number of nitrogens with one attached hydrogen (secondary N) is 1. The van der Waals surface area contributed by atoms with Crippen molar-refractivity contribution in [1.29, 1.82) is 0 Å². The average Bonchev–Trinajstić information content (AvgIpc) is 3.30. The minimum Gasteiger partial charge on any atom is -0.461 e. The highest BCUT2D eigenvalue weighted by atomic mass is 19.4. The summed E-state index contributed by atoms with van der Waals surface area (Å²) < 4.78 is 56.1. The van der Waals surface area contributed by atoms with E-state index in [1.54, 1.807) is 12.0 Å². The molecule has 11 heteroatoms. The van der Waals surface area contributed by atoms with Crippen LogP contribution in [0, 0.1) is 5.41 Å². The van der Waals surface area contributed by atoms with Crippen molar-refractivity contribution in [3.8, 4) is 0 Å². The Morgan fingerprint density at radius 3 is 2.97 bits per heavy atom. The van der Waals surface area contributed by atoms with E-state index in [1.807, 2.05) is 0 Å².